The second kappa shape index (κ2) is 10.3. The first-order chi connectivity index (χ1) is 16.0. The molecule has 0 N–H and O–H groups in total. The van der Waals surface area contributed by atoms with Gasteiger partial charge in [-0.2, -0.15) is 9.78 Å². The van der Waals surface area contributed by atoms with Gasteiger partial charge in [0.2, 0.25) is 0 Å². The third-order valence-electron chi connectivity index (χ3n) is 5.83. The molecule has 1 heterocycles. The van der Waals surface area contributed by atoms with Crippen LogP contribution in [0.1, 0.15) is 56.3 Å². The molecule has 4 rings (SSSR count). The van der Waals surface area contributed by atoms with Gasteiger partial charge in [-0.3, -0.25) is 4.79 Å². The van der Waals surface area contributed by atoms with E-state index >= 15 is 0 Å². The van der Waals surface area contributed by atoms with E-state index in [9.17, 15) is 9.59 Å². The number of rotatable bonds is 6. The van der Waals surface area contributed by atoms with Crippen molar-refractivity contribution in [1.82, 2.24) is 9.66 Å². The Kier molecular flexibility index (Phi) is 7.23. The highest BCUT2D eigenvalue weighted by molar-refractivity contribution is 9.10. The zero-order valence-electron chi connectivity index (χ0n) is 18.7. The molecular weight excluding hydrogens is 486 g/mol. The number of nitrogens with zero attached hydrogens (tertiary/aromatic N) is 3. The van der Waals surface area contributed by atoms with E-state index in [0.29, 0.717) is 22.5 Å². The maximum Gasteiger partial charge on any atom is 0.346 e. The number of hydrogen-bond donors (Lipinski definition) is 0. The maximum atomic E-state index is 13.4. The van der Waals surface area contributed by atoms with Gasteiger partial charge in [-0.25, -0.2) is 9.78 Å². The summed E-state index contributed by atoms with van der Waals surface area (Å²) in [4.78, 5) is 29.9. The van der Waals surface area contributed by atoms with E-state index in [-0.39, 0.29) is 11.5 Å². The van der Waals surface area contributed by atoms with Gasteiger partial charge in [0.1, 0.15) is 11.6 Å². The van der Waals surface area contributed by atoms with Gasteiger partial charge < -0.3 is 9.47 Å². The lowest BCUT2D eigenvalue weighted by atomic mass is 9.88. The summed E-state index contributed by atoms with van der Waals surface area (Å²) in [7, 11) is 1.32. The Morgan fingerprint density at radius 3 is 2.76 bits per heavy atom. The molecule has 1 fully saturated rings. The van der Waals surface area contributed by atoms with Gasteiger partial charge in [-0.05, 0) is 55.7 Å². The molecule has 0 unspecified atom stereocenters. The average Bonchev–Trinajstić information content (AvgIpc) is 2.84. The van der Waals surface area contributed by atoms with Crippen LogP contribution in [0.5, 0.6) is 5.75 Å². The summed E-state index contributed by atoms with van der Waals surface area (Å²) in [5.74, 6) is 0.966. The fourth-order valence-corrected chi connectivity index (χ4v) is 4.47. The van der Waals surface area contributed by atoms with E-state index < -0.39 is 12.1 Å². The summed E-state index contributed by atoms with van der Waals surface area (Å²) in [6.45, 7) is 1.63. The van der Waals surface area contributed by atoms with Crippen molar-refractivity contribution in [3.63, 3.8) is 0 Å². The SMILES string of the molecule is COC(=O)[C@H](C)Oc1cccc(C=Nn2c(C3CCCCC3)nc3ccc(Br)cc3c2=O)c1. The summed E-state index contributed by atoms with van der Waals surface area (Å²) in [5.41, 5.74) is 1.23. The zero-order chi connectivity index (χ0) is 23.4. The topological polar surface area (TPSA) is 82.8 Å². The number of halogens is 1. The first-order valence-corrected chi connectivity index (χ1v) is 11.9. The van der Waals surface area contributed by atoms with Crippen LogP contribution in [0.2, 0.25) is 0 Å². The van der Waals surface area contributed by atoms with Crippen LogP contribution in [-0.2, 0) is 9.53 Å². The monoisotopic (exact) mass is 511 g/mol. The first-order valence-electron chi connectivity index (χ1n) is 11.1. The molecule has 1 aliphatic carbocycles. The number of aromatic nitrogens is 2. The molecule has 1 saturated carbocycles. The molecule has 0 saturated heterocycles. The van der Waals surface area contributed by atoms with Crippen LogP contribution < -0.4 is 10.3 Å². The Balaban J connectivity index is 1.71. The largest absolute Gasteiger partial charge is 0.479 e. The summed E-state index contributed by atoms with van der Waals surface area (Å²) >= 11 is 3.44. The van der Waals surface area contributed by atoms with Crippen molar-refractivity contribution in [2.75, 3.05) is 7.11 Å². The Hall–Kier alpha value is -3.00. The van der Waals surface area contributed by atoms with Crippen LogP contribution in [-0.4, -0.2) is 35.1 Å². The van der Waals surface area contributed by atoms with Crippen LogP contribution in [0.15, 0.2) is 56.8 Å². The van der Waals surface area contributed by atoms with Gasteiger partial charge in [0.05, 0.1) is 24.2 Å². The van der Waals surface area contributed by atoms with E-state index in [0.717, 1.165) is 35.7 Å². The van der Waals surface area contributed by atoms with Crippen LogP contribution in [0, 0.1) is 0 Å². The van der Waals surface area contributed by atoms with Gasteiger partial charge in [0.15, 0.2) is 6.10 Å². The van der Waals surface area contributed by atoms with Crippen molar-refractivity contribution in [2.24, 2.45) is 5.10 Å². The fraction of sp³-hybridized carbons (Fsp3) is 0.360. The minimum absolute atomic E-state index is 0.190. The quantitative estimate of drug-likeness (QED) is 0.342. The number of ether oxygens (including phenoxy) is 2. The number of hydrogen-bond acceptors (Lipinski definition) is 6. The second-order valence-electron chi connectivity index (χ2n) is 8.18. The van der Waals surface area contributed by atoms with E-state index in [4.69, 9.17) is 14.5 Å². The number of fused-ring (bicyclic) bond motifs is 1. The van der Waals surface area contributed by atoms with Crippen LogP contribution in [0.3, 0.4) is 0 Å². The number of esters is 1. The molecule has 0 aliphatic heterocycles. The number of carbonyl (C=O) groups is 1. The van der Waals surface area contributed by atoms with Crippen molar-refractivity contribution in [1.29, 1.82) is 0 Å². The fourth-order valence-electron chi connectivity index (χ4n) is 4.11. The standard InChI is InChI=1S/C25H26BrN3O4/c1-16(25(31)32-2)33-20-10-6-7-17(13-20)15-27-29-23(18-8-4-3-5-9-18)28-22-12-11-19(26)14-21(22)24(29)30/h6-7,10-16,18H,3-5,8-9H2,1-2H3/t16-/m0/s1. The number of carbonyl (C=O) groups excluding carboxylic acids is 1. The van der Waals surface area contributed by atoms with E-state index in [2.05, 4.69) is 21.0 Å². The van der Waals surface area contributed by atoms with Crippen molar-refractivity contribution >= 4 is 39.0 Å². The van der Waals surface area contributed by atoms with Crippen LogP contribution in [0.25, 0.3) is 10.9 Å². The predicted octanol–water partition coefficient (Wildman–Crippen LogP) is 5.03. The lowest BCUT2D eigenvalue weighted by Crippen LogP contribution is -2.25. The van der Waals surface area contributed by atoms with E-state index in [1.54, 1.807) is 37.4 Å². The molecule has 1 aromatic heterocycles. The highest BCUT2D eigenvalue weighted by Crippen LogP contribution is 2.32. The molecule has 0 radical (unpaired) electrons. The number of benzene rings is 2. The molecule has 0 amide bonds. The Morgan fingerprint density at radius 2 is 2.00 bits per heavy atom. The third kappa shape index (κ3) is 5.33. The maximum absolute atomic E-state index is 13.4. The second-order valence-corrected chi connectivity index (χ2v) is 9.10. The van der Waals surface area contributed by atoms with E-state index in [1.165, 1.54) is 18.2 Å². The molecule has 2 aromatic carbocycles. The van der Waals surface area contributed by atoms with Gasteiger partial charge in [0, 0.05) is 10.4 Å². The van der Waals surface area contributed by atoms with Crippen molar-refractivity contribution in [3.8, 4) is 5.75 Å². The Labute approximate surface area is 200 Å². The molecule has 172 valence electrons. The van der Waals surface area contributed by atoms with E-state index in [1.807, 2.05) is 18.2 Å². The lowest BCUT2D eigenvalue weighted by Gasteiger charge is -2.22. The van der Waals surface area contributed by atoms with Gasteiger partial charge >= 0.3 is 5.97 Å². The van der Waals surface area contributed by atoms with Crippen LogP contribution >= 0.6 is 15.9 Å². The highest BCUT2D eigenvalue weighted by atomic mass is 79.9. The molecule has 1 atom stereocenters. The first kappa shape index (κ1) is 23.2. The summed E-state index contributed by atoms with van der Waals surface area (Å²) in [5, 5.41) is 5.08. The molecule has 0 bridgehead atoms. The van der Waals surface area contributed by atoms with Crippen molar-refractivity contribution in [3.05, 3.63) is 68.7 Å². The Bertz CT molecular complexity index is 1250. The molecule has 33 heavy (non-hydrogen) atoms. The zero-order valence-corrected chi connectivity index (χ0v) is 20.2. The van der Waals surface area contributed by atoms with Gasteiger partial charge in [-0.15, -0.1) is 0 Å². The molecular formula is C25H26BrN3O4. The molecule has 1 aliphatic rings. The third-order valence-corrected chi connectivity index (χ3v) is 6.32. The smallest absolute Gasteiger partial charge is 0.346 e. The summed E-state index contributed by atoms with van der Waals surface area (Å²) in [6, 6.07) is 12.7. The molecule has 8 heteroatoms. The van der Waals surface area contributed by atoms with Crippen molar-refractivity contribution in [2.45, 2.75) is 51.0 Å². The average molecular weight is 512 g/mol. The Morgan fingerprint density at radius 1 is 1.21 bits per heavy atom. The minimum Gasteiger partial charge on any atom is -0.479 e. The molecule has 0 spiro atoms. The molecule has 7 nitrogen and oxygen atoms in total. The van der Waals surface area contributed by atoms with Gasteiger partial charge in [0.25, 0.3) is 5.56 Å². The minimum atomic E-state index is -0.731. The predicted molar refractivity (Wildman–Crippen MR) is 131 cm³/mol. The normalized spacial score (nSPS) is 15.6. The van der Waals surface area contributed by atoms with Gasteiger partial charge in [-0.1, -0.05) is 47.3 Å². The molecule has 3 aromatic rings. The lowest BCUT2D eigenvalue weighted by molar-refractivity contribution is -0.147. The van der Waals surface area contributed by atoms with Crippen LogP contribution in [0.4, 0.5) is 0 Å². The summed E-state index contributed by atoms with van der Waals surface area (Å²) in [6.07, 6.45) is 6.35. The highest BCUT2D eigenvalue weighted by Gasteiger charge is 2.22. The number of methoxy groups -OCH3 is 1. The summed E-state index contributed by atoms with van der Waals surface area (Å²) < 4.78 is 12.6. The van der Waals surface area contributed by atoms with Crippen molar-refractivity contribution < 1.29 is 14.3 Å².